The van der Waals surface area contributed by atoms with E-state index in [-0.39, 0.29) is 5.82 Å². The summed E-state index contributed by atoms with van der Waals surface area (Å²) in [5, 5.41) is 0. The minimum Gasteiger partial charge on any atom is -0.329 e. The van der Waals surface area contributed by atoms with Crippen LogP contribution < -0.4 is 4.90 Å². The van der Waals surface area contributed by atoms with Crippen molar-refractivity contribution in [3.63, 3.8) is 0 Å². The topological polar surface area (TPSA) is 16.1 Å². The minimum atomic E-state index is -0.261. The second-order valence-corrected chi connectivity index (χ2v) is 3.96. The van der Waals surface area contributed by atoms with Crippen molar-refractivity contribution in [3.05, 3.63) is 54.0 Å². The van der Waals surface area contributed by atoms with Gasteiger partial charge >= 0.3 is 0 Å². The first kappa shape index (κ1) is 11.9. The van der Waals surface area contributed by atoms with E-state index in [0.717, 1.165) is 17.1 Å². The number of benzene rings is 1. The zero-order valence-corrected chi connectivity index (χ0v) is 10.2. The van der Waals surface area contributed by atoms with Crippen LogP contribution >= 0.6 is 11.6 Å². The smallest absolute Gasteiger partial charge is 0.132 e. The van der Waals surface area contributed by atoms with E-state index in [9.17, 15) is 4.39 Å². The van der Waals surface area contributed by atoms with E-state index in [4.69, 9.17) is 11.6 Å². The third kappa shape index (κ3) is 2.74. The Hall–Kier alpha value is -1.61. The van der Waals surface area contributed by atoms with Gasteiger partial charge in [0, 0.05) is 24.8 Å². The van der Waals surface area contributed by atoms with Gasteiger partial charge in [-0.1, -0.05) is 6.07 Å². The molecule has 17 heavy (non-hydrogen) atoms. The normalized spacial score (nSPS) is 10.3. The van der Waals surface area contributed by atoms with Crippen LogP contribution in [0.2, 0.25) is 0 Å². The van der Waals surface area contributed by atoms with Crippen LogP contribution in [0.3, 0.4) is 0 Å². The number of alkyl halides is 1. The molecule has 2 rings (SSSR count). The number of pyridine rings is 1. The van der Waals surface area contributed by atoms with Crippen LogP contribution in [-0.2, 0) is 5.88 Å². The first-order valence-corrected chi connectivity index (χ1v) is 5.74. The fourth-order valence-electron chi connectivity index (χ4n) is 1.54. The molecule has 4 heteroatoms. The van der Waals surface area contributed by atoms with Gasteiger partial charge in [0.05, 0.1) is 0 Å². The quantitative estimate of drug-likeness (QED) is 0.772. The molecule has 0 bridgehead atoms. The van der Waals surface area contributed by atoms with E-state index in [0.29, 0.717) is 5.88 Å². The molecule has 0 aliphatic rings. The van der Waals surface area contributed by atoms with Crippen LogP contribution in [0.15, 0.2) is 42.6 Å². The molecular weight excluding hydrogens is 239 g/mol. The molecule has 0 N–H and O–H groups in total. The number of hydrogen-bond donors (Lipinski definition) is 0. The van der Waals surface area contributed by atoms with Crippen LogP contribution in [0, 0.1) is 5.82 Å². The van der Waals surface area contributed by atoms with Gasteiger partial charge in [0.15, 0.2) is 0 Å². The highest BCUT2D eigenvalue weighted by Crippen LogP contribution is 2.23. The summed E-state index contributed by atoms with van der Waals surface area (Å²) in [4.78, 5) is 6.06. The number of aromatic nitrogens is 1. The zero-order valence-electron chi connectivity index (χ0n) is 9.40. The minimum absolute atomic E-state index is 0.261. The summed E-state index contributed by atoms with van der Waals surface area (Å²) in [6, 6.07) is 10.1. The van der Waals surface area contributed by atoms with Gasteiger partial charge in [-0.2, -0.15) is 0 Å². The Bertz CT molecular complexity index is 516. The zero-order chi connectivity index (χ0) is 12.3. The van der Waals surface area contributed by atoms with Crippen molar-refractivity contribution in [2.75, 3.05) is 11.9 Å². The summed E-state index contributed by atoms with van der Waals surface area (Å²) < 4.78 is 13.1. The summed E-state index contributed by atoms with van der Waals surface area (Å²) in [5.41, 5.74) is 1.74. The molecule has 0 radical (unpaired) electrons. The molecule has 0 saturated carbocycles. The molecule has 2 nitrogen and oxygen atoms in total. The molecule has 0 fully saturated rings. The summed E-state index contributed by atoms with van der Waals surface area (Å²) in [6.45, 7) is 0. The lowest BCUT2D eigenvalue weighted by molar-refractivity contribution is 0.628. The molecule has 88 valence electrons. The first-order chi connectivity index (χ1) is 8.20. The molecule has 1 heterocycles. The van der Waals surface area contributed by atoms with E-state index in [2.05, 4.69) is 4.98 Å². The van der Waals surface area contributed by atoms with E-state index in [1.165, 1.54) is 12.1 Å². The Morgan fingerprint density at radius 1 is 1.29 bits per heavy atom. The molecule has 0 unspecified atom stereocenters. The van der Waals surface area contributed by atoms with Gasteiger partial charge in [-0.25, -0.2) is 9.37 Å². The second-order valence-electron chi connectivity index (χ2n) is 3.69. The van der Waals surface area contributed by atoms with Crippen molar-refractivity contribution in [1.29, 1.82) is 0 Å². The van der Waals surface area contributed by atoms with Gasteiger partial charge in [-0.15, -0.1) is 11.6 Å². The van der Waals surface area contributed by atoms with Crippen molar-refractivity contribution in [3.8, 4) is 0 Å². The Morgan fingerprint density at radius 3 is 2.82 bits per heavy atom. The Balaban J connectivity index is 2.33. The van der Waals surface area contributed by atoms with E-state index in [1.54, 1.807) is 12.3 Å². The SMILES string of the molecule is CN(c1cccc(F)c1)c1cc(CCl)ccn1. The van der Waals surface area contributed by atoms with Crippen LogP contribution in [0.4, 0.5) is 15.9 Å². The number of rotatable bonds is 3. The largest absolute Gasteiger partial charge is 0.329 e. The predicted molar refractivity (Wildman–Crippen MR) is 68.3 cm³/mol. The average molecular weight is 251 g/mol. The fourth-order valence-corrected chi connectivity index (χ4v) is 1.71. The van der Waals surface area contributed by atoms with Crippen molar-refractivity contribution >= 4 is 23.1 Å². The van der Waals surface area contributed by atoms with Crippen LogP contribution in [0.25, 0.3) is 0 Å². The van der Waals surface area contributed by atoms with Gasteiger partial charge < -0.3 is 4.90 Å². The highest BCUT2D eigenvalue weighted by atomic mass is 35.5. The fraction of sp³-hybridized carbons (Fsp3) is 0.154. The van der Waals surface area contributed by atoms with Gasteiger partial charge in [-0.05, 0) is 35.9 Å². The molecule has 2 aromatic rings. The maximum absolute atomic E-state index is 13.1. The van der Waals surface area contributed by atoms with Crippen LogP contribution in [-0.4, -0.2) is 12.0 Å². The van der Waals surface area contributed by atoms with Crippen molar-refractivity contribution in [2.45, 2.75) is 5.88 Å². The van der Waals surface area contributed by atoms with Crippen LogP contribution in [0.1, 0.15) is 5.56 Å². The molecule has 0 spiro atoms. The lowest BCUT2D eigenvalue weighted by atomic mass is 10.2. The molecule has 0 atom stereocenters. The molecule has 1 aromatic heterocycles. The highest BCUT2D eigenvalue weighted by Gasteiger charge is 2.06. The van der Waals surface area contributed by atoms with Crippen LogP contribution in [0.5, 0.6) is 0 Å². The third-order valence-electron chi connectivity index (χ3n) is 2.50. The summed E-state index contributed by atoms with van der Waals surface area (Å²) in [5.74, 6) is 0.920. The van der Waals surface area contributed by atoms with Crippen molar-refractivity contribution in [1.82, 2.24) is 4.98 Å². The van der Waals surface area contributed by atoms with E-state index in [1.807, 2.05) is 30.1 Å². The summed E-state index contributed by atoms with van der Waals surface area (Å²) >= 11 is 5.77. The Kier molecular flexibility index (Phi) is 3.59. The molecule has 0 saturated heterocycles. The van der Waals surface area contributed by atoms with Gasteiger partial charge in [0.25, 0.3) is 0 Å². The van der Waals surface area contributed by atoms with Gasteiger partial charge in [-0.3, -0.25) is 0 Å². The average Bonchev–Trinajstić information content (AvgIpc) is 2.38. The van der Waals surface area contributed by atoms with Gasteiger partial charge in [0.2, 0.25) is 0 Å². The highest BCUT2D eigenvalue weighted by molar-refractivity contribution is 6.17. The Morgan fingerprint density at radius 2 is 2.12 bits per heavy atom. The number of halogens is 2. The van der Waals surface area contributed by atoms with E-state index >= 15 is 0 Å². The van der Waals surface area contributed by atoms with Gasteiger partial charge in [0.1, 0.15) is 11.6 Å². The maximum Gasteiger partial charge on any atom is 0.132 e. The molecular formula is C13H12ClFN2. The monoisotopic (exact) mass is 250 g/mol. The first-order valence-electron chi connectivity index (χ1n) is 5.21. The van der Waals surface area contributed by atoms with Crippen molar-refractivity contribution < 1.29 is 4.39 Å². The summed E-state index contributed by atoms with van der Waals surface area (Å²) in [7, 11) is 1.84. The maximum atomic E-state index is 13.1. The number of nitrogens with zero attached hydrogens (tertiary/aromatic N) is 2. The third-order valence-corrected chi connectivity index (χ3v) is 2.81. The second kappa shape index (κ2) is 5.15. The lowest BCUT2D eigenvalue weighted by Gasteiger charge is -2.18. The lowest BCUT2D eigenvalue weighted by Crippen LogP contribution is -2.11. The standard InChI is InChI=1S/C13H12ClFN2/c1-17(12-4-2-3-11(15)8-12)13-7-10(9-14)5-6-16-13/h2-8H,9H2,1H3. The predicted octanol–water partition coefficient (Wildman–Crippen LogP) is 3.73. The number of hydrogen-bond acceptors (Lipinski definition) is 2. The van der Waals surface area contributed by atoms with Crippen molar-refractivity contribution in [2.24, 2.45) is 0 Å². The van der Waals surface area contributed by atoms with E-state index < -0.39 is 0 Å². The summed E-state index contributed by atoms with van der Waals surface area (Å²) in [6.07, 6.45) is 1.70. The molecule has 1 aromatic carbocycles. The Labute approximate surface area is 105 Å². The molecule has 0 aliphatic heterocycles. The number of anilines is 2. The molecule has 0 amide bonds. The molecule has 0 aliphatic carbocycles.